The van der Waals surface area contributed by atoms with Gasteiger partial charge in [0.2, 0.25) is 0 Å². The molecule has 0 bridgehead atoms. The van der Waals surface area contributed by atoms with Crippen LogP contribution in [0.1, 0.15) is 20.8 Å². The van der Waals surface area contributed by atoms with E-state index in [9.17, 15) is 9.59 Å². The first-order valence-electron chi connectivity index (χ1n) is 5.06. The third-order valence-electron chi connectivity index (χ3n) is 1.66. The Morgan fingerprint density at radius 3 is 2.42 bits per heavy atom. The highest BCUT2D eigenvalue weighted by Gasteiger charge is 2.31. The summed E-state index contributed by atoms with van der Waals surface area (Å²) in [6.45, 7) is 4.89. The van der Waals surface area contributed by atoms with E-state index in [2.05, 4.69) is 41.8 Å². The van der Waals surface area contributed by atoms with E-state index >= 15 is 0 Å². The van der Waals surface area contributed by atoms with Crippen molar-refractivity contribution in [2.45, 2.75) is 26.4 Å². The lowest BCUT2D eigenvalue weighted by Crippen LogP contribution is -2.41. The van der Waals surface area contributed by atoms with E-state index < -0.39 is 17.8 Å². The molecular formula is C10H11Br2N3O4. The first kappa shape index (κ1) is 15.8. The third kappa shape index (κ3) is 4.43. The SMILES string of the molecule is CC(C)(C)OC(=O)N(C(=O)O)c1nc(Br)cnc1Br. The molecule has 1 rings (SSSR count). The number of amides is 2. The maximum atomic E-state index is 11.9. The Morgan fingerprint density at radius 1 is 1.37 bits per heavy atom. The van der Waals surface area contributed by atoms with Crippen molar-refractivity contribution < 1.29 is 19.4 Å². The highest BCUT2D eigenvalue weighted by atomic mass is 79.9. The summed E-state index contributed by atoms with van der Waals surface area (Å²) in [6, 6.07) is 0. The zero-order valence-corrected chi connectivity index (χ0v) is 13.5. The normalized spacial score (nSPS) is 11.0. The van der Waals surface area contributed by atoms with Crippen molar-refractivity contribution in [1.29, 1.82) is 0 Å². The van der Waals surface area contributed by atoms with Crippen LogP contribution in [0.25, 0.3) is 0 Å². The molecule has 19 heavy (non-hydrogen) atoms. The van der Waals surface area contributed by atoms with Crippen LogP contribution < -0.4 is 4.90 Å². The van der Waals surface area contributed by atoms with Gasteiger partial charge in [0, 0.05) is 0 Å². The van der Waals surface area contributed by atoms with Crippen molar-refractivity contribution >= 4 is 49.9 Å². The summed E-state index contributed by atoms with van der Waals surface area (Å²) in [5, 5.41) is 9.13. The predicted molar refractivity (Wildman–Crippen MR) is 74.2 cm³/mol. The molecule has 104 valence electrons. The molecule has 0 atom stereocenters. The Morgan fingerprint density at radius 2 is 1.95 bits per heavy atom. The minimum absolute atomic E-state index is 0.115. The molecule has 0 radical (unpaired) electrons. The Hall–Kier alpha value is -1.22. The maximum absolute atomic E-state index is 11.9. The molecule has 0 fully saturated rings. The smallest absolute Gasteiger partial charge is 0.425 e. The Labute approximate surface area is 126 Å². The van der Waals surface area contributed by atoms with Crippen LogP contribution in [0.2, 0.25) is 0 Å². The number of ether oxygens (including phenoxy) is 1. The van der Waals surface area contributed by atoms with Crippen LogP contribution in [0.5, 0.6) is 0 Å². The monoisotopic (exact) mass is 395 g/mol. The fourth-order valence-corrected chi connectivity index (χ4v) is 1.69. The average Bonchev–Trinajstić information content (AvgIpc) is 2.20. The molecule has 0 spiro atoms. The van der Waals surface area contributed by atoms with Crippen LogP contribution in [-0.2, 0) is 4.74 Å². The number of halogens is 2. The number of aromatic nitrogens is 2. The van der Waals surface area contributed by atoms with Crippen molar-refractivity contribution in [1.82, 2.24) is 9.97 Å². The summed E-state index contributed by atoms with van der Waals surface area (Å²) in [4.78, 5) is 31.2. The first-order valence-corrected chi connectivity index (χ1v) is 6.64. The number of carboxylic acid groups (broad SMARTS) is 1. The van der Waals surface area contributed by atoms with Gasteiger partial charge in [-0.25, -0.2) is 19.6 Å². The molecule has 9 heteroatoms. The van der Waals surface area contributed by atoms with Crippen LogP contribution in [0.4, 0.5) is 15.4 Å². The Bertz CT molecular complexity index is 516. The fraction of sp³-hybridized carbons (Fsp3) is 0.400. The quantitative estimate of drug-likeness (QED) is 0.781. The zero-order chi connectivity index (χ0) is 14.8. The predicted octanol–water partition coefficient (Wildman–Crippen LogP) is 3.42. The van der Waals surface area contributed by atoms with Crippen molar-refractivity contribution in [3.63, 3.8) is 0 Å². The molecular weight excluding hydrogens is 386 g/mol. The lowest BCUT2D eigenvalue weighted by molar-refractivity contribution is 0.0580. The van der Waals surface area contributed by atoms with Crippen LogP contribution in [0, 0.1) is 0 Å². The number of carbonyl (C=O) groups is 2. The van der Waals surface area contributed by atoms with E-state index in [4.69, 9.17) is 9.84 Å². The summed E-state index contributed by atoms with van der Waals surface area (Å²) in [5.41, 5.74) is -0.823. The van der Waals surface area contributed by atoms with Gasteiger partial charge in [-0.05, 0) is 52.6 Å². The van der Waals surface area contributed by atoms with Gasteiger partial charge < -0.3 is 9.84 Å². The van der Waals surface area contributed by atoms with Gasteiger partial charge in [-0.3, -0.25) is 0 Å². The van der Waals surface area contributed by atoms with Gasteiger partial charge >= 0.3 is 12.2 Å². The van der Waals surface area contributed by atoms with Gasteiger partial charge in [-0.15, -0.1) is 0 Å². The van der Waals surface area contributed by atoms with Crippen molar-refractivity contribution in [3.05, 3.63) is 15.4 Å². The molecule has 7 nitrogen and oxygen atoms in total. The first-order chi connectivity index (χ1) is 8.61. The topological polar surface area (TPSA) is 92.6 Å². The lowest BCUT2D eigenvalue weighted by atomic mass is 10.2. The number of rotatable bonds is 1. The Kier molecular flexibility index (Phi) is 4.86. The Balaban J connectivity index is 3.18. The molecule has 0 unspecified atom stereocenters. The van der Waals surface area contributed by atoms with Gasteiger partial charge in [0.15, 0.2) is 5.82 Å². The van der Waals surface area contributed by atoms with Crippen LogP contribution in [0.15, 0.2) is 15.4 Å². The van der Waals surface area contributed by atoms with Crippen LogP contribution in [-0.4, -0.2) is 32.9 Å². The molecule has 0 saturated carbocycles. The van der Waals surface area contributed by atoms with E-state index in [0.717, 1.165) is 0 Å². The number of nitrogens with zero attached hydrogens (tertiary/aromatic N) is 3. The summed E-state index contributed by atoms with van der Waals surface area (Å²) in [6.07, 6.45) is -1.20. The highest BCUT2D eigenvalue weighted by Crippen LogP contribution is 2.25. The largest absolute Gasteiger partial charge is 0.464 e. The molecule has 0 aliphatic heterocycles. The van der Waals surface area contributed by atoms with E-state index in [1.54, 1.807) is 20.8 Å². The van der Waals surface area contributed by atoms with Crippen molar-refractivity contribution in [3.8, 4) is 0 Å². The lowest BCUT2D eigenvalue weighted by Gasteiger charge is -2.24. The molecule has 0 aliphatic rings. The number of hydrogen-bond donors (Lipinski definition) is 1. The fourth-order valence-electron chi connectivity index (χ4n) is 1.05. The minimum Gasteiger partial charge on any atom is -0.464 e. The van der Waals surface area contributed by atoms with Gasteiger partial charge in [-0.1, -0.05) is 0 Å². The molecule has 1 N–H and O–H groups in total. The number of carbonyl (C=O) groups excluding carboxylic acids is 1. The molecule has 1 heterocycles. The maximum Gasteiger partial charge on any atom is 0.425 e. The number of anilines is 1. The van der Waals surface area contributed by atoms with E-state index in [1.165, 1.54) is 6.20 Å². The minimum atomic E-state index is -1.51. The summed E-state index contributed by atoms with van der Waals surface area (Å²) in [5.74, 6) is -0.170. The second kappa shape index (κ2) is 5.83. The number of imide groups is 1. The standard InChI is InChI=1S/C10H11Br2N3O4/c1-10(2,3)19-9(18)15(8(16)17)7-6(12)13-4-5(11)14-7/h4H,1-3H3,(H,16,17). The van der Waals surface area contributed by atoms with Gasteiger partial charge in [-0.2, -0.15) is 4.90 Å². The van der Waals surface area contributed by atoms with Gasteiger partial charge in [0.05, 0.1) is 6.20 Å². The molecule has 1 aromatic rings. The third-order valence-corrected chi connectivity index (χ3v) is 2.60. The molecule has 2 amide bonds. The molecule has 0 aliphatic carbocycles. The van der Waals surface area contributed by atoms with E-state index in [-0.39, 0.29) is 10.4 Å². The summed E-state index contributed by atoms with van der Waals surface area (Å²) < 4.78 is 5.42. The summed E-state index contributed by atoms with van der Waals surface area (Å²) >= 11 is 6.10. The van der Waals surface area contributed by atoms with Crippen molar-refractivity contribution in [2.24, 2.45) is 0 Å². The van der Waals surface area contributed by atoms with Crippen molar-refractivity contribution in [2.75, 3.05) is 4.90 Å². The molecule has 0 saturated heterocycles. The molecule has 0 aromatic carbocycles. The number of hydrogen-bond acceptors (Lipinski definition) is 5. The summed E-state index contributed by atoms with van der Waals surface area (Å²) in [7, 11) is 0. The average molecular weight is 397 g/mol. The van der Waals surface area contributed by atoms with Crippen LogP contribution >= 0.6 is 31.9 Å². The van der Waals surface area contributed by atoms with Gasteiger partial charge in [0.1, 0.15) is 14.8 Å². The second-order valence-electron chi connectivity index (χ2n) is 4.41. The zero-order valence-electron chi connectivity index (χ0n) is 10.3. The highest BCUT2D eigenvalue weighted by molar-refractivity contribution is 9.11. The second-order valence-corrected chi connectivity index (χ2v) is 5.97. The van der Waals surface area contributed by atoms with Gasteiger partial charge in [0.25, 0.3) is 0 Å². The molecule has 1 aromatic heterocycles. The van der Waals surface area contributed by atoms with Crippen LogP contribution in [0.3, 0.4) is 0 Å². The van der Waals surface area contributed by atoms with E-state index in [1.807, 2.05) is 0 Å². The van der Waals surface area contributed by atoms with E-state index in [0.29, 0.717) is 9.50 Å².